The van der Waals surface area contributed by atoms with Gasteiger partial charge in [-0.2, -0.15) is 13.2 Å². The van der Waals surface area contributed by atoms with Gasteiger partial charge in [0.1, 0.15) is 0 Å². The van der Waals surface area contributed by atoms with Crippen LogP contribution >= 0.6 is 0 Å². The number of halogens is 3. The molecule has 100 valence electrons. The molecule has 0 saturated heterocycles. The predicted octanol–water partition coefficient (Wildman–Crippen LogP) is 4.03. The number of Topliss-reactive ketones (excluding diaryl/α,β-unsaturated/α-hetero) is 1. The maximum atomic E-state index is 12.7. The Kier molecular flexibility index (Phi) is 2.06. The summed E-state index contributed by atoms with van der Waals surface area (Å²) in [5.74, 6) is 1.04. The van der Waals surface area contributed by atoms with Gasteiger partial charge < -0.3 is 0 Å². The first-order valence-electron chi connectivity index (χ1n) is 6.72. The van der Waals surface area contributed by atoms with Gasteiger partial charge in [-0.05, 0) is 54.7 Å². The number of fused-ring (bicyclic) bond motifs is 7. The minimum absolute atomic E-state index is 0.0303. The molecule has 0 heterocycles. The molecule has 0 amide bonds. The van der Waals surface area contributed by atoms with Crippen molar-refractivity contribution in [3.05, 3.63) is 34.9 Å². The Balaban J connectivity index is 1.83. The second-order valence-electron chi connectivity index (χ2n) is 6.05. The van der Waals surface area contributed by atoms with Crippen LogP contribution in [0.5, 0.6) is 0 Å². The Morgan fingerprint density at radius 1 is 1.05 bits per heavy atom. The fourth-order valence-corrected chi connectivity index (χ4v) is 4.53. The Bertz CT molecular complexity index is 575. The first-order chi connectivity index (χ1) is 8.97. The number of hydrogen-bond donors (Lipinski definition) is 0. The SMILES string of the molecule is O=C1c2cc(C(F)(F)F)ccc2[C@H]2[C@H]3CC[C@H](C3)[C@@H]12. The fourth-order valence-electron chi connectivity index (χ4n) is 4.53. The number of carbonyl (C=O) groups is 1. The van der Waals surface area contributed by atoms with Crippen molar-refractivity contribution in [1.29, 1.82) is 0 Å². The maximum absolute atomic E-state index is 12.7. The van der Waals surface area contributed by atoms with Crippen molar-refractivity contribution >= 4 is 5.78 Å². The summed E-state index contributed by atoms with van der Waals surface area (Å²) >= 11 is 0. The molecule has 2 saturated carbocycles. The van der Waals surface area contributed by atoms with Gasteiger partial charge in [0.2, 0.25) is 0 Å². The monoisotopic (exact) mass is 266 g/mol. The third-order valence-electron chi connectivity index (χ3n) is 5.22. The van der Waals surface area contributed by atoms with E-state index in [-0.39, 0.29) is 17.6 Å². The molecular weight excluding hydrogens is 253 g/mol. The van der Waals surface area contributed by atoms with Crippen molar-refractivity contribution in [3.8, 4) is 0 Å². The average Bonchev–Trinajstić information content (AvgIpc) is 3.01. The number of rotatable bonds is 0. The van der Waals surface area contributed by atoms with Gasteiger partial charge in [0.25, 0.3) is 0 Å². The van der Waals surface area contributed by atoms with Crippen molar-refractivity contribution in [2.45, 2.75) is 31.4 Å². The summed E-state index contributed by atoms with van der Waals surface area (Å²) in [6.07, 6.45) is -1.09. The summed E-state index contributed by atoms with van der Waals surface area (Å²) in [7, 11) is 0. The molecule has 19 heavy (non-hydrogen) atoms. The Hall–Kier alpha value is -1.32. The van der Waals surface area contributed by atoms with Crippen LogP contribution in [0.25, 0.3) is 0 Å². The van der Waals surface area contributed by atoms with Gasteiger partial charge in [-0.25, -0.2) is 0 Å². The number of benzene rings is 1. The minimum Gasteiger partial charge on any atom is -0.294 e. The standard InChI is InChI=1S/C15H13F3O/c16-15(17,18)9-3-4-10-11(6-9)14(19)13-8-2-1-7(5-8)12(10)13/h3-4,6-8,12-13H,1-2,5H2/t7-,8+,12+,13+/m0/s1. The summed E-state index contributed by atoms with van der Waals surface area (Å²) in [6, 6.07) is 3.73. The van der Waals surface area contributed by atoms with E-state index in [2.05, 4.69) is 0 Å². The average molecular weight is 266 g/mol. The van der Waals surface area contributed by atoms with E-state index in [1.807, 2.05) is 0 Å². The van der Waals surface area contributed by atoms with Crippen LogP contribution in [0, 0.1) is 17.8 Å². The Morgan fingerprint density at radius 3 is 2.42 bits per heavy atom. The molecule has 2 fully saturated rings. The fraction of sp³-hybridized carbons (Fsp3) is 0.533. The molecule has 0 aromatic heterocycles. The summed E-state index contributed by atoms with van der Waals surface area (Å²) in [5.41, 5.74) is 0.503. The summed E-state index contributed by atoms with van der Waals surface area (Å²) in [6.45, 7) is 0. The molecule has 0 unspecified atom stereocenters. The van der Waals surface area contributed by atoms with Crippen LogP contribution < -0.4 is 0 Å². The zero-order valence-corrected chi connectivity index (χ0v) is 10.2. The van der Waals surface area contributed by atoms with Gasteiger partial charge in [-0.1, -0.05) is 6.07 Å². The van der Waals surface area contributed by atoms with Crippen molar-refractivity contribution in [1.82, 2.24) is 0 Å². The Labute approximate surface area is 108 Å². The zero-order valence-electron chi connectivity index (χ0n) is 10.2. The van der Waals surface area contributed by atoms with Crippen LogP contribution in [0.2, 0.25) is 0 Å². The van der Waals surface area contributed by atoms with Gasteiger partial charge in [0, 0.05) is 11.5 Å². The molecule has 1 aromatic carbocycles. The third kappa shape index (κ3) is 1.40. The van der Waals surface area contributed by atoms with Crippen LogP contribution in [-0.2, 0) is 6.18 Å². The predicted molar refractivity (Wildman–Crippen MR) is 62.8 cm³/mol. The minimum atomic E-state index is -4.37. The topological polar surface area (TPSA) is 17.1 Å². The van der Waals surface area contributed by atoms with Crippen LogP contribution in [-0.4, -0.2) is 5.78 Å². The highest BCUT2D eigenvalue weighted by Crippen LogP contribution is 2.61. The second kappa shape index (κ2) is 3.41. The molecule has 1 nitrogen and oxygen atoms in total. The molecule has 2 bridgehead atoms. The molecule has 4 rings (SSSR count). The molecule has 0 radical (unpaired) electrons. The van der Waals surface area contributed by atoms with Crippen molar-refractivity contribution in [2.24, 2.45) is 17.8 Å². The van der Waals surface area contributed by atoms with E-state index < -0.39 is 11.7 Å². The molecule has 1 aromatic rings. The van der Waals surface area contributed by atoms with Crippen LogP contribution in [0.3, 0.4) is 0 Å². The molecule has 0 aliphatic heterocycles. The van der Waals surface area contributed by atoms with E-state index in [9.17, 15) is 18.0 Å². The third-order valence-corrected chi connectivity index (χ3v) is 5.22. The number of carbonyl (C=O) groups excluding carboxylic acids is 1. The van der Waals surface area contributed by atoms with Crippen LogP contribution in [0.1, 0.15) is 46.7 Å². The first kappa shape index (κ1) is 11.5. The van der Waals surface area contributed by atoms with E-state index in [4.69, 9.17) is 0 Å². The highest BCUT2D eigenvalue weighted by molar-refractivity contribution is 6.04. The van der Waals surface area contributed by atoms with Gasteiger partial charge in [0.15, 0.2) is 5.78 Å². The molecule has 0 N–H and O–H groups in total. The smallest absolute Gasteiger partial charge is 0.294 e. The van der Waals surface area contributed by atoms with Crippen molar-refractivity contribution in [2.75, 3.05) is 0 Å². The second-order valence-corrected chi connectivity index (χ2v) is 6.05. The Morgan fingerprint density at radius 2 is 1.74 bits per heavy atom. The lowest BCUT2D eigenvalue weighted by atomic mass is 9.79. The number of alkyl halides is 3. The molecule has 3 aliphatic carbocycles. The van der Waals surface area contributed by atoms with Gasteiger partial charge in [-0.3, -0.25) is 4.79 Å². The van der Waals surface area contributed by atoms with E-state index in [1.54, 1.807) is 6.07 Å². The van der Waals surface area contributed by atoms with Crippen molar-refractivity contribution < 1.29 is 18.0 Å². The van der Waals surface area contributed by atoms with E-state index in [0.29, 0.717) is 17.4 Å². The van der Waals surface area contributed by atoms with E-state index in [0.717, 1.165) is 37.0 Å². The highest BCUT2D eigenvalue weighted by Gasteiger charge is 2.56. The molecule has 4 heteroatoms. The quantitative estimate of drug-likeness (QED) is 0.693. The largest absolute Gasteiger partial charge is 0.416 e. The van der Waals surface area contributed by atoms with Gasteiger partial charge in [-0.15, -0.1) is 0 Å². The lowest BCUT2D eigenvalue weighted by Crippen LogP contribution is -2.20. The summed E-state index contributed by atoms with van der Waals surface area (Å²) < 4.78 is 38.2. The molecule has 4 atom stereocenters. The van der Waals surface area contributed by atoms with Crippen molar-refractivity contribution in [3.63, 3.8) is 0 Å². The lowest BCUT2D eigenvalue weighted by molar-refractivity contribution is -0.137. The summed E-state index contributed by atoms with van der Waals surface area (Å²) in [4.78, 5) is 12.4. The van der Waals surface area contributed by atoms with Crippen LogP contribution in [0.4, 0.5) is 13.2 Å². The zero-order chi connectivity index (χ0) is 13.4. The normalized spacial score (nSPS) is 35.6. The number of ketones is 1. The highest BCUT2D eigenvalue weighted by atomic mass is 19.4. The van der Waals surface area contributed by atoms with E-state index in [1.165, 1.54) is 0 Å². The first-order valence-corrected chi connectivity index (χ1v) is 6.72. The van der Waals surface area contributed by atoms with Crippen LogP contribution in [0.15, 0.2) is 18.2 Å². The molecular formula is C15H13F3O. The molecule has 3 aliphatic rings. The van der Waals surface area contributed by atoms with Gasteiger partial charge in [0.05, 0.1) is 5.56 Å². The number of hydrogen-bond acceptors (Lipinski definition) is 1. The molecule has 0 spiro atoms. The van der Waals surface area contributed by atoms with E-state index >= 15 is 0 Å². The lowest BCUT2D eigenvalue weighted by Gasteiger charge is -2.23. The maximum Gasteiger partial charge on any atom is 0.416 e. The summed E-state index contributed by atoms with van der Waals surface area (Å²) in [5, 5.41) is 0. The van der Waals surface area contributed by atoms with Gasteiger partial charge >= 0.3 is 6.18 Å².